The van der Waals surface area contributed by atoms with Crippen LogP contribution in [0.4, 0.5) is 18.9 Å². The summed E-state index contributed by atoms with van der Waals surface area (Å²) in [7, 11) is 1.63. The number of nitrogens with zero attached hydrogens (tertiary/aromatic N) is 2. The summed E-state index contributed by atoms with van der Waals surface area (Å²) in [6.07, 6.45) is -6.77. The fourth-order valence-electron chi connectivity index (χ4n) is 3.31. The Morgan fingerprint density at radius 1 is 1.33 bits per heavy atom. The van der Waals surface area contributed by atoms with Gasteiger partial charge in [0.15, 0.2) is 5.60 Å². The lowest BCUT2D eigenvalue weighted by Crippen LogP contribution is -2.61. The van der Waals surface area contributed by atoms with Crippen LogP contribution >= 0.6 is 11.6 Å². The molecule has 1 aliphatic rings. The third-order valence-corrected chi connectivity index (χ3v) is 5.47. The van der Waals surface area contributed by atoms with Crippen LogP contribution in [0.1, 0.15) is 20.3 Å². The number of alkyl halides is 3. The van der Waals surface area contributed by atoms with Crippen molar-refractivity contribution in [3.63, 3.8) is 0 Å². The maximum atomic E-state index is 13.0. The van der Waals surface area contributed by atoms with E-state index < -0.39 is 23.9 Å². The van der Waals surface area contributed by atoms with Crippen LogP contribution in [0.25, 0.3) is 0 Å². The lowest BCUT2D eigenvalue weighted by atomic mass is 9.84. The van der Waals surface area contributed by atoms with Crippen LogP contribution in [0, 0.1) is 11.8 Å². The van der Waals surface area contributed by atoms with E-state index in [-0.39, 0.29) is 31.3 Å². The van der Waals surface area contributed by atoms with E-state index in [1.54, 1.807) is 38.2 Å². The second kappa shape index (κ2) is 7.95. The van der Waals surface area contributed by atoms with Gasteiger partial charge in [-0.3, -0.25) is 9.69 Å². The quantitative estimate of drug-likeness (QED) is 0.804. The first kappa shape index (κ1) is 21.9. The summed E-state index contributed by atoms with van der Waals surface area (Å²) in [4.78, 5) is 15.5. The molecule has 2 rings (SSSR count). The van der Waals surface area contributed by atoms with Crippen LogP contribution in [-0.4, -0.2) is 59.2 Å². The van der Waals surface area contributed by atoms with E-state index in [2.05, 4.69) is 0 Å². The van der Waals surface area contributed by atoms with E-state index in [1.165, 1.54) is 9.80 Å². The molecule has 1 aromatic rings. The molecule has 27 heavy (non-hydrogen) atoms. The zero-order valence-electron chi connectivity index (χ0n) is 15.4. The van der Waals surface area contributed by atoms with Gasteiger partial charge in [0.25, 0.3) is 0 Å². The highest BCUT2D eigenvalue weighted by atomic mass is 35.5. The average Bonchev–Trinajstić information content (AvgIpc) is 2.59. The van der Waals surface area contributed by atoms with Gasteiger partial charge in [-0.2, -0.15) is 13.2 Å². The molecule has 9 heteroatoms. The Kier molecular flexibility index (Phi) is 6.46. The van der Waals surface area contributed by atoms with Crippen molar-refractivity contribution in [1.82, 2.24) is 4.90 Å². The Morgan fingerprint density at radius 3 is 2.37 bits per heavy atom. The first-order valence-electron chi connectivity index (χ1n) is 8.60. The van der Waals surface area contributed by atoms with E-state index in [1.807, 2.05) is 0 Å². The van der Waals surface area contributed by atoms with Gasteiger partial charge < -0.3 is 15.1 Å². The van der Waals surface area contributed by atoms with E-state index in [4.69, 9.17) is 11.6 Å². The fraction of sp³-hybridized carbons (Fsp3) is 0.611. The van der Waals surface area contributed by atoms with Crippen LogP contribution in [0.15, 0.2) is 24.3 Å². The highest BCUT2D eigenvalue weighted by molar-refractivity contribution is 6.30. The van der Waals surface area contributed by atoms with Crippen LogP contribution < -0.4 is 4.90 Å². The number of aliphatic hydroxyl groups excluding tert-OH is 1. The van der Waals surface area contributed by atoms with E-state index >= 15 is 0 Å². The lowest BCUT2D eigenvalue weighted by Gasteiger charge is -2.44. The minimum absolute atomic E-state index is 0.0677. The number of hydrogen-bond acceptors (Lipinski definition) is 4. The highest BCUT2D eigenvalue weighted by Gasteiger charge is 2.57. The third-order valence-electron chi connectivity index (χ3n) is 5.22. The number of piperidine rings is 1. The van der Waals surface area contributed by atoms with Crippen molar-refractivity contribution >= 4 is 23.2 Å². The first-order valence-corrected chi connectivity index (χ1v) is 8.98. The van der Waals surface area contributed by atoms with Crippen molar-refractivity contribution in [3.05, 3.63) is 29.3 Å². The van der Waals surface area contributed by atoms with Gasteiger partial charge in [0.2, 0.25) is 5.91 Å². The molecule has 1 fully saturated rings. The predicted molar refractivity (Wildman–Crippen MR) is 96.4 cm³/mol. The number of halogens is 4. The summed E-state index contributed by atoms with van der Waals surface area (Å²) in [5.74, 6) is -0.841. The molecule has 2 N–H and O–H groups in total. The highest BCUT2D eigenvalue weighted by Crippen LogP contribution is 2.36. The van der Waals surface area contributed by atoms with Crippen LogP contribution in [-0.2, 0) is 4.79 Å². The Hall–Kier alpha value is -1.35. The molecule has 5 nitrogen and oxygen atoms in total. The molecule has 0 aliphatic carbocycles. The van der Waals surface area contributed by atoms with Crippen LogP contribution in [0.3, 0.4) is 0 Å². The summed E-state index contributed by atoms with van der Waals surface area (Å²) >= 11 is 5.85. The number of anilines is 1. The fourth-order valence-corrected chi connectivity index (χ4v) is 3.44. The van der Waals surface area contributed by atoms with Crippen molar-refractivity contribution in [2.24, 2.45) is 11.8 Å². The summed E-state index contributed by atoms with van der Waals surface area (Å²) in [6.45, 7) is 2.44. The monoisotopic (exact) mass is 408 g/mol. The molecule has 0 radical (unpaired) electrons. The molecule has 1 saturated heterocycles. The number of amides is 1. The van der Waals surface area contributed by atoms with Gasteiger partial charge in [-0.15, -0.1) is 0 Å². The number of rotatable bonds is 4. The molecule has 1 amide bonds. The molecule has 1 heterocycles. The summed E-state index contributed by atoms with van der Waals surface area (Å²) in [5.41, 5.74) is -2.58. The summed E-state index contributed by atoms with van der Waals surface area (Å²) in [6, 6.07) is 6.76. The Bertz CT molecular complexity index is 667. The van der Waals surface area contributed by atoms with E-state index in [0.717, 1.165) is 0 Å². The molecule has 1 aliphatic heterocycles. The second-order valence-corrected chi connectivity index (χ2v) is 7.70. The minimum Gasteiger partial charge on any atom is -0.378 e. The molecule has 4 atom stereocenters. The zero-order valence-corrected chi connectivity index (χ0v) is 16.1. The van der Waals surface area contributed by atoms with Crippen molar-refractivity contribution < 1.29 is 28.2 Å². The molecular formula is C18H24ClF3N2O3. The molecule has 1 aromatic carbocycles. The second-order valence-electron chi connectivity index (χ2n) is 7.26. The molecule has 0 saturated carbocycles. The maximum Gasteiger partial charge on any atom is 0.420 e. The smallest absolute Gasteiger partial charge is 0.378 e. The van der Waals surface area contributed by atoms with Crippen LogP contribution in [0.5, 0.6) is 0 Å². The molecule has 0 spiro atoms. The van der Waals surface area contributed by atoms with E-state index in [9.17, 15) is 28.2 Å². The number of aliphatic hydroxyl groups is 2. The Balaban J connectivity index is 2.06. The molecule has 0 bridgehead atoms. The number of carbonyl (C=O) groups excluding carboxylic acids is 1. The third kappa shape index (κ3) is 4.56. The summed E-state index contributed by atoms with van der Waals surface area (Å²) < 4.78 is 38.9. The predicted octanol–water partition coefficient (Wildman–Crippen LogP) is 2.89. The topological polar surface area (TPSA) is 64.0 Å². The zero-order chi connectivity index (χ0) is 20.6. The number of carbonyl (C=O) groups is 1. The number of hydrogen-bond donors (Lipinski definition) is 2. The minimum atomic E-state index is -4.96. The summed E-state index contributed by atoms with van der Waals surface area (Å²) in [5, 5.41) is 20.3. The van der Waals surface area contributed by atoms with Gasteiger partial charge in [-0.25, -0.2) is 0 Å². The van der Waals surface area contributed by atoms with Gasteiger partial charge >= 0.3 is 6.18 Å². The average molecular weight is 409 g/mol. The van der Waals surface area contributed by atoms with Crippen molar-refractivity contribution in [1.29, 1.82) is 0 Å². The van der Waals surface area contributed by atoms with Gasteiger partial charge in [0, 0.05) is 36.8 Å². The normalized spacial score (nSPS) is 24.9. The first-order chi connectivity index (χ1) is 12.4. The SMILES string of the molecule is C[C@@H]1CN(C(O)[C@@](C)(O)C(F)(F)F)CC[C@@H]1C(=O)N(C)c1ccc(Cl)cc1. The van der Waals surface area contributed by atoms with Crippen molar-refractivity contribution in [2.75, 3.05) is 25.0 Å². The van der Waals surface area contributed by atoms with Gasteiger partial charge in [-0.1, -0.05) is 18.5 Å². The Morgan fingerprint density at radius 2 is 1.89 bits per heavy atom. The molecule has 1 unspecified atom stereocenters. The molecule has 152 valence electrons. The van der Waals surface area contributed by atoms with Crippen molar-refractivity contribution in [3.8, 4) is 0 Å². The lowest BCUT2D eigenvalue weighted by molar-refractivity contribution is -0.306. The van der Waals surface area contributed by atoms with Gasteiger partial charge in [0.05, 0.1) is 0 Å². The molecule has 0 aromatic heterocycles. The largest absolute Gasteiger partial charge is 0.420 e. The van der Waals surface area contributed by atoms with Gasteiger partial charge in [-0.05, 0) is 43.5 Å². The van der Waals surface area contributed by atoms with Crippen LogP contribution in [0.2, 0.25) is 5.02 Å². The maximum absolute atomic E-state index is 13.0. The van der Waals surface area contributed by atoms with Crippen molar-refractivity contribution in [2.45, 2.75) is 38.3 Å². The Labute approximate surface area is 161 Å². The molecular weight excluding hydrogens is 385 g/mol. The number of benzene rings is 1. The van der Waals surface area contributed by atoms with E-state index in [0.29, 0.717) is 17.6 Å². The van der Waals surface area contributed by atoms with Gasteiger partial charge in [0.1, 0.15) is 6.23 Å². The standard InChI is InChI=1S/C18H24ClF3N2O3/c1-11-10-24(16(26)17(2,27)18(20,21)22)9-8-14(11)15(25)23(3)13-6-4-12(19)5-7-13/h4-7,11,14,16,26-27H,8-10H2,1-3H3/t11-,14+,16?,17-/m1/s1. The number of likely N-dealkylation sites (tertiary alicyclic amines) is 1.